The van der Waals surface area contributed by atoms with Crippen molar-refractivity contribution < 1.29 is 4.58 Å². The summed E-state index contributed by atoms with van der Waals surface area (Å²) in [7, 11) is 3.72. The first-order chi connectivity index (χ1) is 10.1. The zero-order valence-corrected chi connectivity index (χ0v) is 13.2. The number of halogens is 1. The van der Waals surface area contributed by atoms with Crippen LogP contribution in [-0.4, -0.2) is 29.8 Å². The van der Waals surface area contributed by atoms with E-state index in [2.05, 4.69) is 29.4 Å². The monoisotopic (exact) mass is 300 g/mol. The molecule has 0 atom stereocenters. The maximum absolute atomic E-state index is 6.17. The van der Waals surface area contributed by atoms with Crippen molar-refractivity contribution in [1.82, 2.24) is 0 Å². The highest BCUT2D eigenvalue weighted by Crippen LogP contribution is 2.12. The van der Waals surface area contributed by atoms with Crippen molar-refractivity contribution in [2.75, 3.05) is 19.4 Å². The van der Waals surface area contributed by atoms with Gasteiger partial charge in [-0.2, -0.15) is 0 Å². The Morgan fingerprint density at radius 3 is 2.19 bits per heavy atom. The number of aliphatic imine (C=N–C) groups is 1. The number of rotatable bonds is 2. The number of amidine groups is 2. The third-order valence-electron chi connectivity index (χ3n) is 2.93. The number of hydrogen-bond acceptors (Lipinski definition) is 0. The van der Waals surface area contributed by atoms with E-state index in [-0.39, 0.29) is 0 Å². The molecule has 0 amide bonds. The number of anilines is 1. The molecule has 0 unspecified atom stereocenters. The minimum absolute atomic E-state index is 0.425. The van der Waals surface area contributed by atoms with Crippen molar-refractivity contribution in [3.8, 4) is 0 Å². The van der Waals surface area contributed by atoms with Crippen molar-refractivity contribution in [2.24, 2.45) is 4.99 Å². The molecule has 21 heavy (non-hydrogen) atoms. The van der Waals surface area contributed by atoms with Gasteiger partial charge in [-0.25, -0.2) is 0 Å². The van der Waals surface area contributed by atoms with Crippen LogP contribution in [0, 0.1) is 6.92 Å². The van der Waals surface area contributed by atoms with Crippen LogP contribution < -0.4 is 5.32 Å². The SMILES string of the molecule is Cc1ccc(N/C(=N\C(Cl)=[N+](C)C)c2ccccc2)cc1. The van der Waals surface area contributed by atoms with Gasteiger partial charge in [-0.15, -0.1) is 0 Å². The molecule has 2 rings (SSSR count). The van der Waals surface area contributed by atoms with Gasteiger partial charge in [-0.05, 0) is 36.2 Å². The Kier molecular flexibility index (Phi) is 5.12. The van der Waals surface area contributed by atoms with Gasteiger partial charge in [0.25, 0.3) is 5.84 Å². The fraction of sp³-hybridized carbons (Fsp3) is 0.176. The summed E-state index contributed by atoms with van der Waals surface area (Å²) >= 11 is 6.17. The number of hydrogen-bond donors (Lipinski definition) is 1. The van der Waals surface area contributed by atoms with E-state index < -0.39 is 0 Å². The third-order valence-corrected chi connectivity index (χ3v) is 3.36. The molecule has 0 aliphatic carbocycles. The van der Waals surface area contributed by atoms with Crippen LogP contribution in [0.2, 0.25) is 0 Å². The molecule has 0 fully saturated rings. The molecule has 0 saturated heterocycles. The fourth-order valence-corrected chi connectivity index (χ4v) is 1.81. The molecule has 2 aromatic rings. The van der Waals surface area contributed by atoms with Crippen LogP contribution in [0.15, 0.2) is 59.6 Å². The summed E-state index contributed by atoms with van der Waals surface area (Å²) in [4.78, 5) is 4.48. The highest BCUT2D eigenvalue weighted by Gasteiger charge is 2.13. The van der Waals surface area contributed by atoms with Gasteiger partial charge in [0.1, 0.15) is 0 Å². The van der Waals surface area contributed by atoms with Crippen LogP contribution in [0.25, 0.3) is 0 Å². The Balaban J connectivity index is 2.37. The van der Waals surface area contributed by atoms with Crippen LogP contribution >= 0.6 is 11.6 Å². The fourth-order valence-electron chi connectivity index (χ4n) is 1.73. The number of aryl methyl sites for hydroxylation is 1. The molecule has 108 valence electrons. The van der Waals surface area contributed by atoms with Crippen molar-refractivity contribution in [2.45, 2.75) is 6.92 Å². The highest BCUT2D eigenvalue weighted by atomic mass is 35.5. The van der Waals surface area contributed by atoms with Crippen molar-refractivity contribution in [3.63, 3.8) is 0 Å². The molecule has 4 heteroatoms. The van der Waals surface area contributed by atoms with E-state index in [9.17, 15) is 0 Å². The number of nitrogens with zero attached hydrogens (tertiary/aromatic N) is 2. The minimum atomic E-state index is 0.425. The lowest BCUT2D eigenvalue weighted by molar-refractivity contribution is -0.462. The lowest BCUT2D eigenvalue weighted by Crippen LogP contribution is -2.17. The first-order valence-corrected chi connectivity index (χ1v) is 7.11. The summed E-state index contributed by atoms with van der Waals surface area (Å²) < 4.78 is 1.77. The summed E-state index contributed by atoms with van der Waals surface area (Å²) in [6.07, 6.45) is 0. The van der Waals surface area contributed by atoms with Crippen LogP contribution in [0.5, 0.6) is 0 Å². The first kappa shape index (κ1) is 15.3. The summed E-state index contributed by atoms with van der Waals surface area (Å²) in [5.74, 6) is 0.721. The topological polar surface area (TPSA) is 27.4 Å². The summed E-state index contributed by atoms with van der Waals surface area (Å²) in [6.45, 7) is 2.06. The standard InChI is InChI=1S/C17H18ClN3/c1-13-9-11-15(12-10-13)19-16(20-17(18)21(2)3)14-7-5-4-6-8-14/h4-12H,1-3H3/p+1. The maximum atomic E-state index is 6.17. The van der Waals surface area contributed by atoms with E-state index >= 15 is 0 Å². The Morgan fingerprint density at radius 1 is 1.00 bits per heavy atom. The van der Waals surface area contributed by atoms with Gasteiger partial charge >= 0.3 is 5.29 Å². The van der Waals surface area contributed by atoms with Crippen LogP contribution in [0.3, 0.4) is 0 Å². The van der Waals surface area contributed by atoms with Gasteiger partial charge in [0, 0.05) is 22.9 Å². The molecule has 3 nitrogen and oxygen atoms in total. The molecule has 0 aromatic heterocycles. The van der Waals surface area contributed by atoms with E-state index in [1.165, 1.54) is 5.56 Å². The van der Waals surface area contributed by atoms with E-state index in [4.69, 9.17) is 11.6 Å². The Bertz CT molecular complexity index is 654. The molecule has 1 N–H and O–H groups in total. The largest absolute Gasteiger partial charge is 0.393 e. The van der Waals surface area contributed by atoms with Gasteiger partial charge in [-0.1, -0.05) is 35.9 Å². The van der Waals surface area contributed by atoms with Crippen LogP contribution in [-0.2, 0) is 0 Å². The quantitative estimate of drug-likeness (QED) is 0.389. The second-order valence-corrected chi connectivity index (χ2v) is 5.32. The lowest BCUT2D eigenvalue weighted by atomic mass is 10.2. The smallest absolute Gasteiger partial charge is 0.319 e. The molecule has 0 spiro atoms. The molecular formula is C17H19ClN3+. The van der Waals surface area contributed by atoms with E-state index in [0.717, 1.165) is 17.1 Å². The van der Waals surface area contributed by atoms with Gasteiger partial charge < -0.3 is 5.32 Å². The molecule has 0 saturated carbocycles. The second-order valence-electron chi connectivity index (χ2n) is 4.98. The van der Waals surface area contributed by atoms with Crippen LogP contribution in [0.4, 0.5) is 5.69 Å². The van der Waals surface area contributed by atoms with E-state index in [0.29, 0.717) is 5.29 Å². The van der Waals surface area contributed by atoms with Crippen molar-refractivity contribution in [3.05, 3.63) is 65.7 Å². The molecule has 0 aliphatic rings. The Morgan fingerprint density at radius 2 is 1.62 bits per heavy atom. The summed E-state index contributed by atoms with van der Waals surface area (Å²) in [5.41, 5.74) is 3.18. The molecular weight excluding hydrogens is 282 g/mol. The highest BCUT2D eigenvalue weighted by molar-refractivity contribution is 6.64. The predicted octanol–water partition coefficient (Wildman–Crippen LogP) is 3.72. The molecule has 0 radical (unpaired) electrons. The zero-order chi connectivity index (χ0) is 15.2. The molecule has 0 bridgehead atoms. The predicted molar refractivity (Wildman–Crippen MR) is 90.7 cm³/mol. The first-order valence-electron chi connectivity index (χ1n) is 6.74. The lowest BCUT2D eigenvalue weighted by Gasteiger charge is -2.06. The average Bonchev–Trinajstić information content (AvgIpc) is 2.49. The second kappa shape index (κ2) is 7.04. The van der Waals surface area contributed by atoms with E-state index in [1.807, 2.05) is 56.6 Å². The van der Waals surface area contributed by atoms with Crippen molar-refractivity contribution >= 4 is 28.4 Å². The Hall–Kier alpha value is -2.13. The molecule has 2 aromatic carbocycles. The number of benzene rings is 2. The average molecular weight is 301 g/mol. The normalized spacial score (nSPS) is 11.1. The minimum Gasteiger partial charge on any atom is -0.319 e. The number of nitrogens with one attached hydrogen (secondary N) is 1. The summed E-state index contributed by atoms with van der Waals surface area (Å²) in [6, 6.07) is 18.1. The Labute approximate surface area is 130 Å². The van der Waals surface area contributed by atoms with Gasteiger partial charge in [-0.3, -0.25) is 4.58 Å². The maximum Gasteiger partial charge on any atom is 0.393 e. The van der Waals surface area contributed by atoms with Gasteiger partial charge in [0.05, 0.1) is 14.1 Å². The van der Waals surface area contributed by atoms with E-state index in [1.54, 1.807) is 4.58 Å². The van der Waals surface area contributed by atoms with Crippen LogP contribution in [0.1, 0.15) is 11.1 Å². The molecule has 0 heterocycles. The van der Waals surface area contributed by atoms with Gasteiger partial charge in [0.15, 0.2) is 0 Å². The summed E-state index contributed by atoms with van der Waals surface area (Å²) in [5, 5.41) is 3.75. The molecule has 0 aliphatic heterocycles. The van der Waals surface area contributed by atoms with Gasteiger partial charge in [0.2, 0.25) is 0 Å². The zero-order valence-electron chi connectivity index (χ0n) is 12.5. The third kappa shape index (κ3) is 4.43. The van der Waals surface area contributed by atoms with Crippen molar-refractivity contribution in [1.29, 1.82) is 0 Å².